The van der Waals surface area contributed by atoms with Crippen LogP contribution >= 0.6 is 0 Å². The Bertz CT molecular complexity index is 595. The fourth-order valence-electron chi connectivity index (χ4n) is 2.67. The lowest BCUT2D eigenvalue weighted by atomic mass is 9.95. The first-order valence-corrected chi connectivity index (χ1v) is 7.11. The first-order valence-electron chi connectivity index (χ1n) is 7.11. The fourth-order valence-corrected chi connectivity index (χ4v) is 2.67. The predicted octanol–water partition coefficient (Wildman–Crippen LogP) is 3.31. The van der Waals surface area contributed by atoms with Crippen molar-refractivity contribution in [3.05, 3.63) is 58.9 Å². The maximum atomic E-state index is 5.86. The summed E-state index contributed by atoms with van der Waals surface area (Å²) in [5.41, 5.74) is 5.04. The van der Waals surface area contributed by atoms with Crippen LogP contribution in [0.5, 0.6) is 5.75 Å². The minimum absolute atomic E-state index is 0.359. The van der Waals surface area contributed by atoms with Crippen LogP contribution in [0, 0.1) is 13.8 Å². The van der Waals surface area contributed by atoms with Gasteiger partial charge in [-0.2, -0.15) is 0 Å². The Morgan fingerprint density at radius 1 is 1.30 bits per heavy atom. The summed E-state index contributed by atoms with van der Waals surface area (Å²) in [6.45, 7) is 5.89. The second-order valence-electron chi connectivity index (χ2n) is 5.36. The number of nitrogens with one attached hydrogen (secondary N) is 1. The Labute approximate surface area is 120 Å². The predicted molar refractivity (Wildman–Crippen MR) is 79.8 cm³/mol. The van der Waals surface area contributed by atoms with Crippen molar-refractivity contribution < 1.29 is 4.74 Å². The summed E-state index contributed by atoms with van der Waals surface area (Å²) < 4.78 is 5.86. The van der Waals surface area contributed by atoms with Crippen molar-refractivity contribution in [2.45, 2.75) is 32.9 Å². The van der Waals surface area contributed by atoms with E-state index >= 15 is 0 Å². The molecule has 3 heteroatoms. The van der Waals surface area contributed by atoms with Gasteiger partial charge in [-0.05, 0) is 36.6 Å². The molecule has 1 N–H and O–H groups in total. The van der Waals surface area contributed by atoms with Crippen molar-refractivity contribution in [3.8, 4) is 5.75 Å². The highest BCUT2D eigenvalue weighted by molar-refractivity contribution is 5.47. The molecule has 0 bridgehead atoms. The quantitative estimate of drug-likeness (QED) is 0.927. The number of aromatic nitrogens is 1. The molecule has 1 aliphatic rings. The summed E-state index contributed by atoms with van der Waals surface area (Å²) in [5, 5.41) is 3.62. The van der Waals surface area contributed by atoms with Crippen molar-refractivity contribution >= 4 is 0 Å². The van der Waals surface area contributed by atoms with Gasteiger partial charge >= 0.3 is 0 Å². The summed E-state index contributed by atoms with van der Waals surface area (Å²) in [5.74, 6) is 1.07. The minimum atomic E-state index is 0.359. The summed E-state index contributed by atoms with van der Waals surface area (Å²) in [7, 11) is 0. The smallest absolute Gasteiger partial charge is 0.127 e. The molecular formula is C17H20N2O. The van der Waals surface area contributed by atoms with Crippen LogP contribution in [0.15, 0.2) is 36.7 Å². The van der Waals surface area contributed by atoms with E-state index in [1.165, 1.54) is 22.3 Å². The zero-order valence-electron chi connectivity index (χ0n) is 12.0. The third-order valence-electron chi connectivity index (χ3n) is 4.01. The van der Waals surface area contributed by atoms with E-state index < -0.39 is 0 Å². The molecule has 0 saturated carbocycles. The highest BCUT2D eigenvalue weighted by Gasteiger charge is 2.22. The number of nitrogens with zero attached hydrogens (tertiary/aromatic N) is 1. The lowest BCUT2D eigenvalue weighted by Gasteiger charge is -2.28. The van der Waals surface area contributed by atoms with E-state index in [9.17, 15) is 0 Å². The van der Waals surface area contributed by atoms with Crippen molar-refractivity contribution in [3.63, 3.8) is 0 Å². The molecule has 1 aromatic heterocycles. The maximum absolute atomic E-state index is 5.86. The van der Waals surface area contributed by atoms with E-state index in [1.807, 2.05) is 12.3 Å². The van der Waals surface area contributed by atoms with Crippen molar-refractivity contribution in [1.82, 2.24) is 10.3 Å². The van der Waals surface area contributed by atoms with Gasteiger partial charge in [0.05, 0.1) is 6.61 Å². The topological polar surface area (TPSA) is 34.1 Å². The van der Waals surface area contributed by atoms with Crippen LogP contribution in [-0.2, 0) is 6.54 Å². The van der Waals surface area contributed by atoms with Crippen molar-refractivity contribution in [2.75, 3.05) is 6.61 Å². The van der Waals surface area contributed by atoms with Gasteiger partial charge in [-0.1, -0.05) is 18.2 Å². The third kappa shape index (κ3) is 2.54. The monoisotopic (exact) mass is 268 g/mol. The van der Waals surface area contributed by atoms with Gasteiger partial charge in [-0.15, -0.1) is 0 Å². The number of hydrogen-bond acceptors (Lipinski definition) is 3. The molecule has 0 amide bonds. The van der Waals surface area contributed by atoms with Gasteiger partial charge in [0.15, 0.2) is 0 Å². The summed E-state index contributed by atoms with van der Waals surface area (Å²) >= 11 is 0. The maximum Gasteiger partial charge on any atom is 0.127 e. The highest BCUT2D eigenvalue weighted by atomic mass is 16.5. The molecule has 0 spiro atoms. The molecule has 3 nitrogen and oxygen atoms in total. The zero-order valence-corrected chi connectivity index (χ0v) is 12.0. The van der Waals surface area contributed by atoms with Gasteiger partial charge in [0.2, 0.25) is 0 Å². The van der Waals surface area contributed by atoms with Crippen LogP contribution in [0.3, 0.4) is 0 Å². The Hall–Kier alpha value is -1.87. The third-order valence-corrected chi connectivity index (χ3v) is 4.01. The molecule has 0 radical (unpaired) electrons. The van der Waals surface area contributed by atoms with E-state index in [4.69, 9.17) is 4.74 Å². The van der Waals surface area contributed by atoms with Crippen LogP contribution in [0.1, 0.15) is 34.7 Å². The SMILES string of the molecule is Cc1ccc2c(c1C)OCCC2NCc1cccnc1. The molecule has 0 fully saturated rings. The Kier molecular flexibility index (Phi) is 3.70. The average Bonchev–Trinajstić information content (AvgIpc) is 2.50. The second kappa shape index (κ2) is 5.63. The second-order valence-corrected chi connectivity index (χ2v) is 5.36. The normalized spacial score (nSPS) is 17.4. The van der Waals surface area contributed by atoms with Gasteiger partial charge in [0.1, 0.15) is 5.75 Å². The van der Waals surface area contributed by atoms with E-state index in [0.29, 0.717) is 6.04 Å². The molecule has 1 aromatic carbocycles. The molecule has 2 heterocycles. The number of pyridine rings is 1. The zero-order chi connectivity index (χ0) is 13.9. The number of benzene rings is 1. The van der Waals surface area contributed by atoms with E-state index in [2.05, 4.69) is 42.3 Å². The number of ether oxygens (including phenoxy) is 1. The molecule has 1 aliphatic heterocycles. The first kappa shape index (κ1) is 13.1. The molecule has 1 unspecified atom stereocenters. The fraction of sp³-hybridized carbons (Fsp3) is 0.353. The first-order chi connectivity index (χ1) is 9.75. The van der Waals surface area contributed by atoms with Gasteiger partial charge in [-0.25, -0.2) is 0 Å². The van der Waals surface area contributed by atoms with Crippen molar-refractivity contribution in [1.29, 1.82) is 0 Å². The lowest BCUT2D eigenvalue weighted by molar-refractivity contribution is 0.250. The molecular weight excluding hydrogens is 248 g/mol. The lowest BCUT2D eigenvalue weighted by Crippen LogP contribution is -2.27. The number of aryl methyl sites for hydroxylation is 1. The van der Waals surface area contributed by atoms with E-state index in [1.54, 1.807) is 6.20 Å². The van der Waals surface area contributed by atoms with E-state index in [0.717, 1.165) is 25.3 Å². The molecule has 20 heavy (non-hydrogen) atoms. The summed E-state index contributed by atoms with van der Waals surface area (Å²) in [4.78, 5) is 4.15. The number of fused-ring (bicyclic) bond motifs is 1. The Morgan fingerprint density at radius 2 is 2.20 bits per heavy atom. The molecule has 0 aliphatic carbocycles. The van der Waals surface area contributed by atoms with Crippen LogP contribution in [0.4, 0.5) is 0 Å². The van der Waals surface area contributed by atoms with Gasteiger partial charge in [0.25, 0.3) is 0 Å². The largest absolute Gasteiger partial charge is 0.493 e. The van der Waals surface area contributed by atoms with Gasteiger partial charge in [0, 0.05) is 37.0 Å². The standard InChI is InChI=1S/C17H20N2O/c1-12-5-6-15-16(7-9-20-17(15)13(12)2)19-11-14-4-3-8-18-10-14/h3-6,8,10,16,19H,7,9,11H2,1-2H3. The molecule has 0 saturated heterocycles. The van der Waals surface area contributed by atoms with Crippen molar-refractivity contribution in [2.24, 2.45) is 0 Å². The number of hydrogen-bond donors (Lipinski definition) is 1. The minimum Gasteiger partial charge on any atom is -0.493 e. The van der Waals surface area contributed by atoms with Gasteiger partial charge < -0.3 is 10.1 Å². The Balaban J connectivity index is 1.79. The molecule has 1 atom stereocenters. The van der Waals surface area contributed by atoms with Crippen LogP contribution in [0.2, 0.25) is 0 Å². The summed E-state index contributed by atoms with van der Waals surface area (Å²) in [6, 6.07) is 8.81. The highest BCUT2D eigenvalue weighted by Crippen LogP contribution is 2.36. The number of rotatable bonds is 3. The van der Waals surface area contributed by atoms with E-state index in [-0.39, 0.29) is 0 Å². The molecule has 3 rings (SSSR count). The van der Waals surface area contributed by atoms with Crippen LogP contribution in [-0.4, -0.2) is 11.6 Å². The Morgan fingerprint density at radius 3 is 3.00 bits per heavy atom. The average molecular weight is 268 g/mol. The van der Waals surface area contributed by atoms with Crippen LogP contribution < -0.4 is 10.1 Å². The van der Waals surface area contributed by atoms with Crippen LogP contribution in [0.25, 0.3) is 0 Å². The summed E-state index contributed by atoms with van der Waals surface area (Å²) in [6.07, 6.45) is 4.72. The van der Waals surface area contributed by atoms with Gasteiger partial charge in [-0.3, -0.25) is 4.98 Å². The molecule has 2 aromatic rings. The molecule has 104 valence electrons.